The molecule has 1 atom stereocenters. The third-order valence-corrected chi connectivity index (χ3v) is 3.73. The zero-order valence-electron chi connectivity index (χ0n) is 10.8. The van der Waals surface area contributed by atoms with E-state index in [9.17, 15) is 5.11 Å². The second kappa shape index (κ2) is 6.28. The number of pyridine rings is 1. The summed E-state index contributed by atoms with van der Waals surface area (Å²) in [5, 5.41) is 14.2. The van der Waals surface area contributed by atoms with Crippen LogP contribution in [0.2, 0.25) is 0 Å². The van der Waals surface area contributed by atoms with Crippen LogP contribution in [0.15, 0.2) is 53.3 Å². The first-order chi connectivity index (χ1) is 9.16. The quantitative estimate of drug-likeness (QED) is 0.890. The summed E-state index contributed by atoms with van der Waals surface area (Å²) < 4.78 is 0.999. The molecule has 100 valence electrons. The van der Waals surface area contributed by atoms with E-state index in [-0.39, 0.29) is 0 Å². The van der Waals surface area contributed by atoms with Gasteiger partial charge in [0.2, 0.25) is 0 Å². The molecule has 0 saturated carbocycles. The van der Waals surface area contributed by atoms with E-state index in [1.165, 1.54) is 0 Å². The normalized spacial score (nSPS) is 14.1. The average molecular weight is 321 g/mol. The first kappa shape index (κ1) is 14.2. The Morgan fingerprint density at radius 2 is 1.95 bits per heavy atom. The summed E-state index contributed by atoms with van der Waals surface area (Å²) in [6, 6.07) is 11.5. The van der Waals surface area contributed by atoms with E-state index >= 15 is 0 Å². The minimum Gasteiger partial charge on any atom is -0.380 e. The fourth-order valence-corrected chi connectivity index (χ4v) is 2.36. The number of rotatable bonds is 5. The number of hydrogen-bond donors (Lipinski definition) is 2. The Balaban J connectivity index is 2.42. The molecule has 0 aliphatic heterocycles. The van der Waals surface area contributed by atoms with Gasteiger partial charge in [0.25, 0.3) is 0 Å². The Morgan fingerprint density at radius 1 is 1.21 bits per heavy atom. The number of halogens is 1. The maximum Gasteiger partial charge on any atom is 0.117 e. The van der Waals surface area contributed by atoms with Crippen LogP contribution in [0, 0.1) is 0 Å². The van der Waals surface area contributed by atoms with Crippen LogP contribution in [0.4, 0.5) is 0 Å². The van der Waals surface area contributed by atoms with E-state index in [0.717, 1.165) is 22.1 Å². The van der Waals surface area contributed by atoms with Gasteiger partial charge in [-0.25, -0.2) is 0 Å². The standard InChI is InChI=1S/C15H17BrN2O/c1-17-10-8-15(19,13-3-2-9-18-11-13)12-4-6-14(16)7-5-12/h2-7,9,11,17,19H,8,10H2,1H3. The predicted octanol–water partition coefficient (Wildman–Crippen LogP) is 2.69. The highest BCUT2D eigenvalue weighted by Crippen LogP contribution is 2.32. The zero-order valence-corrected chi connectivity index (χ0v) is 12.4. The van der Waals surface area contributed by atoms with E-state index in [4.69, 9.17) is 0 Å². The summed E-state index contributed by atoms with van der Waals surface area (Å²) in [4.78, 5) is 4.11. The smallest absolute Gasteiger partial charge is 0.117 e. The highest BCUT2D eigenvalue weighted by atomic mass is 79.9. The van der Waals surface area contributed by atoms with Crippen molar-refractivity contribution < 1.29 is 5.11 Å². The van der Waals surface area contributed by atoms with Gasteiger partial charge in [0.1, 0.15) is 5.60 Å². The fraction of sp³-hybridized carbons (Fsp3) is 0.267. The van der Waals surface area contributed by atoms with Gasteiger partial charge >= 0.3 is 0 Å². The molecule has 3 nitrogen and oxygen atoms in total. The molecule has 0 aliphatic rings. The number of nitrogens with zero attached hydrogens (tertiary/aromatic N) is 1. The van der Waals surface area contributed by atoms with E-state index in [0.29, 0.717) is 6.42 Å². The highest BCUT2D eigenvalue weighted by molar-refractivity contribution is 9.10. The van der Waals surface area contributed by atoms with Crippen molar-refractivity contribution in [1.82, 2.24) is 10.3 Å². The molecule has 0 amide bonds. The van der Waals surface area contributed by atoms with Gasteiger partial charge in [-0.05, 0) is 43.8 Å². The maximum atomic E-state index is 11.1. The lowest BCUT2D eigenvalue weighted by atomic mass is 9.84. The molecule has 1 aromatic heterocycles. The lowest BCUT2D eigenvalue weighted by molar-refractivity contribution is 0.0713. The Bertz CT molecular complexity index is 515. The monoisotopic (exact) mass is 320 g/mol. The minimum atomic E-state index is -1.02. The molecular weight excluding hydrogens is 304 g/mol. The Hall–Kier alpha value is -1.23. The van der Waals surface area contributed by atoms with Gasteiger partial charge < -0.3 is 10.4 Å². The average Bonchev–Trinajstić information content (AvgIpc) is 2.46. The van der Waals surface area contributed by atoms with Gasteiger partial charge in [0, 0.05) is 22.4 Å². The van der Waals surface area contributed by atoms with Crippen LogP contribution in [0.5, 0.6) is 0 Å². The van der Waals surface area contributed by atoms with Crippen LogP contribution < -0.4 is 5.32 Å². The largest absolute Gasteiger partial charge is 0.380 e. The van der Waals surface area contributed by atoms with Crippen LogP contribution in [-0.4, -0.2) is 23.7 Å². The van der Waals surface area contributed by atoms with Crippen molar-refractivity contribution in [3.63, 3.8) is 0 Å². The Kier molecular flexibility index (Phi) is 4.69. The molecule has 0 spiro atoms. The molecule has 1 heterocycles. The van der Waals surface area contributed by atoms with E-state index < -0.39 is 5.60 Å². The first-order valence-electron chi connectivity index (χ1n) is 6.20. The van der Waals surface area contributed by atoms with Gasteiger partial charge in [0.05, 0.1) is 0 Å². The SMILES string of the molecule is CNCCC(O)(c1ccc(Br)cc1)c1cccnc1. The second-order valence-electron chi connectivity index (χ2n) is 4.46. The number of hydrogen-bond acceptors (Lipinski definition) is 3. The van der Waals surface area contributed by atoms with Crippen LogP contribution in [-0.2, 0) is 5.60 Å². The molecule has 0 saturated heterocycles. The third kappa shape index (κ3) is 3.21. The summed E-state index contributed by atoms with van der Waals surface area (Å²) in [5.74, 6) is 0. The van der Waals surface area contributed by atoms with E-state index in [1.54, 1.807) is 12.4 Å². The molecule has 2 N–H and O–H groups in total. The highest BCUT2D eigenvalue weighted by Gasteiger charge is 2.31. The van der Waals surface area contributed by atoms with Crippen LogP contribution >= 0.6 is 15.9 Å². The van der Waals surface area contributed by atoms with Crippen molar-refractivity contribution in [2.45, 2.75) is 12.0 Å². The Morgan fingerprint density at radius 3 is 2.53 bits per heavy atom. The van der Waals surface area contributed by atoms with Crippen LogP contribution in [0.1, 0.15) is 17.5 Å². The second-order valence-corrected chi connectivity index (χ2v) is 5.38. The van der Waals surface area contributed by atoms with Gasteiger partial charge in [0.15, 0.2) is 0 Å². The van der Waals surface area contributed by atoms with Crippen molar-refractivity contribution in [1.29, 1.82) is 0 Å². The molecule has 0 radical (unpaired) electrons. The molecule has 4 heteroatoms. The molecule has 0 aliphatic carbocycles. The van der Waals surface area contributed by atoms with Crippen molar-refractivity contribution >= 4 is 15.9 Å². The van der Waals surface area contributed by atoms with Crippen LogP contribution in [0.25, 0.3) is 0 Å². The summed E-state index contributed by atoms with van der Waals surface area (Å²) in [6.45, 7) is 0.724. The first-order valence-corrected chi connectivity index (χ1v) is 6.99. The third-order valence-electron chi connectivity index (χ3n) is 3.20. The molecule has 0 fully saturated rings. The number of benzene rings is 1. The molecule has 0 bridgehead atoms. The van der Waals surface area contributed by atoms with Gasteiger partial charge in [-0.2, -0.15) is 0 Å². The lowest BCUT2D eigenvalue weighted by Crippen LogP contribution is -2.31. The number of aromatic nitrogens is 1. The van der Waals surface area contributed by atoms with Crippen molar-refractivity contribution in [2.24, 2.45) is 0 Å². The molecule has 2 aromatic rings. The number of nitrogens with one attached hydrogen (secondary N) is 1. The van der Waals surface area contributed by atoms with Gasteiger partial charge in [-0.15, -0.1) is 0 Å². The number of aliphatic hydroxyl groups is 1. The molecule has 1 aromatic carbocycles. The van der Waals surface area contributed by atoms with Crippen molar-refractivity contribution in [2.75, 3.05) is 13.6 Å². The van der Waals surface area contributed by atoms with Gasteiger partial charge in [-0.3, -0.25) is 4.98 Å². The minimum absolute atomic E-state index is 0.594. The summed E-state index contributed by atoms with van der Waals surface area (Å²) in [7, 11) is 1.88. The summed E-state index contributed by atoms with van der Waals surface area (Å²) in [5.41, 5.74) is 0.671. The molecule has 2 rings (SSSR count). The topological polar surface area (TPSA) is 45.1 Å². The summed E-state index contributed by atoms with van der Waals surface area (Å²) in [6.07, 6.45) is 4.03. The fourth-order valence-electron chi connectivity index (χ4n) is 2.09. The predicted molar refractivity (Wildman–Crippen MR) is 79.9 cm³/mol. The van der Waals surface area contributed by atoms with Crippen molar-refractivity contribution in [3.8, 4) is 0 Å². The Labute approximate surface area is 121 Å². The molecular formula is C15H17BrN2O. The summed E-state index contributed by atoms with van der Waals surface area (Å²) >= 11 is 3.41. The molecule has 19 heavy (non-hydrogen) atoms. The zero-order chi connectivity index (χ0) is 13.7. The van der Waals surface area contributed by atoms with Crippen LogP contribution in [0.3, 0.4) is 0 Å². The van der Waals surface area contributed by atoms with E-state index in [2.05, 4.69) is 26.2 Å². The lowest BCUT2D eigenvalue weighted by Gasteiger charge is -2.29. The van der Waals surface area contributed by atoms with Crippen molar-refractivity contribution in [3.05, 3.63) is 64.4 Å². The maximum absolute atomic E-state index is 11.1. The van der Waals surface area contributed by atoms with E-state index in [1.807, 2.05) is 43.4 Å². The van der Waals surface area contributed by atoms with Gasteiger partial charge in [-0.1, -0.05) is 34.1 Å². The molecule has 1 unspecified atom stereocenters.